The molecule has 1 aliphatic heterocycles. The van der Waals surface area contributed by atoms with Gasteiger partial charge in [0.1, 0.15) is 0 Å². The van der Waals surface area contributed by atoms with Gasteiger partial charge >= 0.3 is 0 Å². The number of nitrogens with zero attached hydrogens (tertiary/aromatic N) is 1. The smallest absolute Gasteiger partial charge is 0.0981 e. The highest BCUT2D eigenvalue weighted by Gasteiger charge is 2.27. The molecule has 0 spiro atoms. The first-order valence-electron chi connectivity index (χ1n) is 6.56. The van der Waals surface area contributed by atoms with Gasteiger partial charge in [-0.05, 0) is 25.3 Å². The van der Waals surface area contributed by atoms with Crippen LogP contribution in [-0.2, 0) is 11.3 Å². The van der Waals surface area contributed by atoms with E-state index in [4.69, 9.17) is 10.5 Å². The molecule has 3 N–H and O–H groups in total. The molecule has 4 nitrogen and oxygen atoms in total. The highest BCUT2D eigenvalue weighted by Crippen LogP contribution is 2.31. The number of benzene rings is 1. The first kappa shape index (κ1) is 14.7. The molecule has 0 amide bonds. The summed E-state index contributed by atoms with van der Waals surface area (Å²) in [7, 11) is 0. The topological polar surface area (TPSA) is 58.7 Å². The molecule has 1 fully saturated rings. The molecule has 0 radical (unpaired) electrons. The molecule has 2 unspecified atom stereocenters. The number of ether oxygens (including phenoxy) is 1. The fraction of sp³-hybridized carbons (Fsp3) is 0.571. The Bertz CT molecular complexity index is 428. The Balaban J connectivity index is 2.33. The molecule has 0 saturated carbocycles. The summed E-state index contributed by atoms with van der Waals surface area (Å²) in [6, 6.07) is 6.57. The van der Waals surface area contributed by atoms with Crippen LogP contribution in [0.5, 0.6) is 0 Å². The SMILES string of the molecule is CSc1cccc(N2CC(CO)OCC2C)c1CN. The van der Waals surface area contributed by atoms with Gasteiger partial charge in [-0.15, -0.1) is 11.8 Å². The predicted molar refractivity (Wildman–Crippen MR) is 79.7 cm³/mol. The van der Waals surface area contributed by atoms with Crippen molar-refractivity contribution in [3.8, 4) is 0 Å². The normalized spacial score (nSPS) is 23.7. The average Bonchev–Trinajstić information content (AvgIpc) is 2.46. The standard InChI is InChI=1S/C14H22N2O2S/c1-10-9-18-11(8-17)7-16(10)13-4-3-5-14(19-2)12(13)6-15/h3-5,10-11,17H,6-9,15H2,1-2H3. The molecule has 106 valence electrons. The van der Waals surface area contributed by atoms with E-state index in [1.807, 2.05) is 0 Å². The molecule has 1 aliphatic rings. The van der Waals surface area contributed by atoms with Crippen molar-refractivity contribution in [1.29, 1.82) is 0 Å². The van der Waals surface area contributed by atoms with E-state index in [1.54, 1.807) is 11.8 Å². The number of aliphatic hydroxyl groups excluding tert-OH is 1. The molecular formula is C14H22N2O2S. The molecule has 2 rings (SSSR count). The molecule has 0 aliphatic carbocycles. The molecule has 5 heteroatoms. The maximum atomic E-state index is 9.29. The van der Waals surface area contributed by atoms with Crippen molar-refractivity contribution < 1.29 is 9.84 Å². The summed E-state index contributed by atoms with van der Waals surface area (Å²) in [5.74, 6) is 0. The summed E-state index contributed by atoms with van der Waals surface area (Å²) in [6.45, 7) is 4.07. The lowest BCUT2D eigenvalue weighted by Crippen LogP contribution is -2.50. The van der Waals surface area contributed by atoms with E-state index in [1.165, 1.54) is 16.1 Å². The zero-order valence-electron chi connectivity index (χ0n) is 11.5. The zero-order chi connectivity index (χ0) is 13.8. The Morgan fingerprint density at radius 2 is 2.32 bits per heavy atom. The molecule has 1 aromatic carbocycles. The van der Waals surface area contributed by atoms with Crippen molar-refractivity contribution in [2.75, 3.05) is 30.9 Å². The highest BCUT2D eigenvalue weighted by atomic mass is 32.2. The summed E-state index contributed by atoms with van der Waals surface area (Å²) in [4.78, 5) is 3.52. The fourth-order valence-electron chi connectivity index (χ4n) is 2.48. The number of hydrogen-bond acceptors (Lipinski definition) is 5. The lowest BCUT2D eigenvalue weighted by molar-refractivity contribution is -0.0103. The molecule has 2 atom stereocenters. The maximum absolute atomic E-state index is 9.29. The Morgan fingerprint density at radius 3 is 2.95 bits per heavy atom. The molecule has 1 aromatic rings. The van der Waals surface area contributed by atoms with Crippen molar-refractivity contribution in [3.05, 3.63) is 23.8 Å². The number of aliphatic hydroxyl groups is 1. The minimum absolute atomic E-state index is 0.0589. The summed E-state index contributed by atoms with van der Waals surface area (Å²) in [5.41, 5.74) is 8.28. The van der Waals surface area contributed by atoms with Crippen molar-refractivity contribution in [3.63, 3.8) is 0 Å². The van der Waals surface area contributed by atoms with Crippen LogP contribution in [0.4, 0.5) is 5.69 Å². The predicted octanol–water partition coefficient (Wildman–Crippen LogP) is 1.45. The minimum atomic E-state index is -0.111. The number of rotatable bonds is 4. The summed E-state index contributed by atoms with van der Waals surface area (Å²) in [5, 5.41) is 9.29. The van der Waals surface area contributed by atoms with Crippen LogP contribution in [-0.4, -0.2) is 43.3 Å². The van der Waals surface area contributed by atoms with Crippen molar-refractivity contribution in [2.45, 2.75) is 30.5 Å². The first-order valence-corrected chi connectivity index (χ1v) is 7.78. The molecule has 0 bridgehead atoms. The zero-order valence-corrected chi connectivity index (χ0v) is 12.3. The second-order valence-corrected chi connectivity index (χ2v) is 5.65. The van der Waals surface area contributed by atoms with E-state index in [2.05, 4.69) is 36.3 Å². The number of nitrogens with two attached hydrogens (primary N) is 1. The molecular weight excluding hydrogens is 260 g/mol. The van der Waals surface area contributed by atoms with Gasteiger partial charge in [0.25, 0.3) is 0 Å². The summed E-state index contributed by atoms with van der Waals surface area (Å²) < 4.78 is 5.59. The van der Waals surface area contributed by atoms with Crippen LogP contribution in [0.2, 0.25) is 0 Å². The van der Waals surface area contributed by atoms with Gasteiger partial charge in [0, 0.05) is 35.3 Å². The van der Waals surface area contributed by atoms with Gasteiger partial charge in [-0.2, -0.15) is 0 Å². The van der Waals surface area contributed by atoms with Crippen molar-refractivity contribution in [2.24, 2.45) is 5.73 Å². The van der Waals surface area contributed by atoms with E-state index >= 15 is 0 Å². The molecule has 19 heavy (non-hydrogen) atoms. The third-order valence-electron chi connectivity index (χ3n) is 3.55. The third-order valence-corrected chi connectivity index (χ3v) is 4.37. The maximum Gasteiger partial charge on any atom is 0.0981 e. The van der Waals surface area contributed by atoms with Gasteiger partial charge < -0.3 is 20.5 Å². The van der Waals surface area contributed by atoms with Gasteiger partial charge in [-0.1, -0.05) is 6.07 Å². The van der Waals surface area contributed by atoms with Gasteiger partial charge in [0.2, 0.25) is 0 Å². The fourth-order valence-corrected chi connectivity index (χ4v) is 3.13. The third kappa shape index (κ3) is 3.05. The average molecular weight is 282 g/mol. The van der Waals surface area contributed by atoms with Crippen LogP contribution >= 0.6 is 11.8 Å². The van der Waals surface area contributed by atoms with Crippen LogP contribution in [0, 0.1) is 0 Å². The molecule has 1 saturated heterocycles. The largest absolute Gasteiger partial charge is 0.394 e. The summed E-state index contributed by atoms with van der Waals surface area (Å²) >= 11 is 1.72. The van der Waals surface area contributed by atoms with Crippen LogP contribution < -0.4 is 10.6 Å². The Kier molecular flexibility index (Phi) is 5.10. The quantitative estimate of drug-likeness (QED) is 0.819. The Labute approximate surface area is 118 Å². The van der Waals surface area contributed by atoms with E-state index in [-0.39, 0.29) is 12.7 Å². The minimum Gasteiger partial charge on any atom is -0.394 e. The van der Waals surface area contributed by atoms with Crippen LogP contribution in [0.15, 0.2) is 23.1 Å². The van der Waals surface area contributed by atoms with E-state index < -0.39 is 0 Å². The van der Waals surface area contributed by atoms with Crippen molar-refractivity contribution >= 4 is 17.4 Å². The van der Waals surface area contributed by atoms with E-state index in [0.29, 0.717) is 25.7 Å². The van der Waals surface area contributed by atoms with Crippen LogP contribution in [0.1, 0.15) is 12.5 Å². The van der Waals surface area contributed by atoms with Gasteiger partial charge in [-0.25, -0.2) is 0 Å². The molecule has 1 heterocycles. The second kappa shape index (κ2) is 6.61. The number of hydrogen-bond donors (Lipinski definition) is 2. The van der Waals surface area contributed by atoms with Gasteiger partial charge in [0.05, 0.1) is 19.3 Å². The lowest BCUT2D eigenvalue weighted by Gasteiger charge is -2.40. The van der Waals surface area contributed by atoms with Crippen LogP contribution in [0.3, 0.4) is 0 Å². The number of morpholine rings is 1. The van der Waals surface area contributed by atoms with E-state index in [9.17, 15) is 5.11 Å². The van der Waals surface area contributed by atoms with Crippen molar-refractivity contribution in [1.82, 2.24) is 0 Å². The number of thioether (sulfide) groups is 1. The molecule has 0 aromatic heterocycles. The first-order chi connectivity index (χ1) is 9.21. The lowest BCUT2D eigenvalue weighted by atomic mass is 10.1. The van der Waals surface area contributed by atoms with Gasteiger partial charge in [0.15, 0.2) is 0 Å². The summed E-state index contributed by atoms with van der Waals surface area (Å²) in [6.07, 6.45) is 1.96. The van der Waals surface area contributed by atoms with Crippen LogP contribution in [0.25, 0.3) is 0 Å². The second-order valence-electron chi connectivity index (χ2n) is 4.80. The monoisotopic (exact) mass is 282 g/mol. The van der Waals surface area contributed by atoms with E-state index in [0.717, 1.165) is 0 Å². The van der Waals surface area contributed by atoms with Gasteiger partial charge in [-0.3, -0.25) is 0 Å². The Morgan fingerprint density at radius 1 is 1.53 bits per heavy atom. The number of anilines is 1. The highest BCUT2D eigenvalue weighted by molar-refractivity contribution is 7.98. The Hall–Kier alpha value is -0.750.